The maximum Gasteiger partial charge on any atom is 0.118 e. The zero-order chi connectivity index (χ0) is 21.1. The quantitative estimate of drug-likeness (QED) is 0.358. The number of fused-ring (bicyclic) bond motifs is 1. The van der Waals surface area contributed by atoms with Crippen molar-refractivity contribution in [3.05, 3.63) is 95.3 Å². The average molecular weight is 399 g/mol. The van der Waals surface area contributed by atoms with E-state index < -0.39 is 0 Å². The second kappa shape index (κ2) is 8.74. The first-order valence-corrected chi connectivity index (χ1v) is 10.7. The molecule has 3 aromatic carbocycles. The minimum atomic E-state index is 0.212. The van der Waals surface area contributed by atoms with Gasteiger partial charge in [0.05, 0.1) is 18.1 Å². The number of benzene rings is 3. The van der Waals surface area contributed by atoms with Crippen LogP contribution in [-0.4, -0.2) is 16.7 Å². The fraction of sp³-hybridized carbons (Fsp3) is 0.296. The highest BCUT2D eigenvalue weighted by atomic mass is 16.5. The summed E-state index contributed by atoms with van der Waals surface area (Å²) in [5.74, 6) is 2.86. The van der Waals surface area contributed by atoms with Gasteiger partial charge in [-0.2, -0.15) is 0 Å². The molecule has 4 aromatic rings. The van der Waals surface area contributed by atoms with Gasteiger partial charge in [0.25, 0.3) is 0 Å². The van der Waals surface area contributed by atoms with Crippen molar-refractivity contribution in [2.24, 2.45) is 5.92 Å². The standard InChI is InChI=1S/C27H30N2O/c1-19(2)17-21-9-13-23(14-10-21)20(3)27-28-25-7-5-6-8-26(25)29(27)18-22-11-15-24(30-4)16-12-22/h5-16,19-20H,17-18H2,1-4H3. The van der Waals surface area contributed by atoms with Crippen LogP contribution in [0.5, 0.6) is 5.75 Å². The summed E-state index contributed by atoms with van der Waals surface area (Å²) in [5, 5.41) is 0. The molecule has 0 radical (unpaired) electrons. The fourth-order valence-electron chi connectivity index (χ4n) is 4.07. The summed E-state index contributed by atoms with van der Waals surface area (Å²) in [4.78, 5) is 5.03. The minimum Gasteiger partial charge on any atom is -0.497 e. The summed E-state index contributed by atoms with van der Waals surface area (Å²) >= 11 is 0. The fourth-order valence-corrected chi connectivity index (χ4v) is 4.07. The molecule has 1 aromatic heterocycles. The molecular formula is C27H30N2O. The van der Waals surface area contributed by atoms with Gasteiger partial charge in [-0.1, -0.05) is 69.3 Å². The molecular weight excluding hydrogens is 368 g/mol. The average Bonchev–Trinajstić information content (AvgIpc) is 3.12. The van der Waals surface area contributed by atoms with Crippen LogP contribution in [0.25, 0.3) is 11.0 Å². The largest absolute Gasteiger partial charge is 0.497 e. The zero-order valence-corrected chi connectivity index (χ0v) is 18.3. The lowest BCUT2D eigenvalue weighted by molar-refractivity contribution is 0.414. The summed E-state index contributed by atoms with van der Waals surface area (Å²) in [5.41, 5.74) is 6.15. The third kappa shape index (κ3) is 4.25. The highest BCUT2D eigenvalue weighted by Gasteiger charge is 2.18. The van der Waals surface area contributed by atoms with Gasteiger partial charge in [0, 0.05) is 12.5 Å². The summed E-state index contributed by atoms with van der Waals surface area (Å²) in [6.07, 6.45) is 1.12. The van der Waals surface area contributed by atoms with E-state index in [4.69, 9.17) is 9.72 Å². The maximum atomic E-state index is 5.31. The van der Waals surface area contributed by atoms with Crippen molar-refractivity contribution in [2.45, 2.75) is 39.7 Å². The molecule has 4 rings (SSSR count). The molecule has 0 aliphatic rings. The Balaban J connectivity index is 1.69. The molecule has 0 spiro atoms. The smallest absolute Gasteiger partial charge is 0.118 e. The number of methoxy groups -OCH3 is 1. The van der Waals surface area contributed by atoms with Gasteiger partial charge >= 0.3 is 0 Å². The molecule has 154 valence electrons. The molecule has 0 fully saturated rings. The number of ether oxygens (including phenoxy) is 1. The predicted molar refractivity (Wildman–Crippen MR) is 124 cm³/mol. The Bertz CT molecular complexity index is 1110. The molecule has 0 bridgehead atoms. The molecule has 3 nitrogen and oxygen atoms in total. The number of imidazole rings is 1. The van der Waals surface area contributed by atoms with Gasteiger partial charge in [0.1, 0.15) is 11.6 Å². The normalized spacial score (nSPS) is 12.4. The molecule has 0 saturated carbocycles. The zero-order valence-electron chi connectivity index (χ0n) is 18.3. The second-order valence-corrected chi connectivity index (χ2v) is 8.45. The van der Waals surface area contributed by atoms with E-state index in [1.807, 2.05) is 12.1 Å². The van der Waals surface area contributed by atoms with Crippen LogP contribution in [0.15, 0.2) is 72.8 Å². The maximum absolute atomic E-state index is 5.31. The van der Waals surface area contributed by atoms with E-state index in [9.17, 15) is 0 Å². The topological polar surface area (TPSA) is 27.1 Å². The van der Waals surface area contributed by atoms with Gasteiger partial charge in [-0.25, -0.2) is 4.98 Å². The van der Waals surface area contributed by atoms with E-state index in [1.165, 1.54) is 22.2 Å². The third-order valence-corrected chi connectivity index (χ3v) is 5.69. The van der Waals surface area contributed by atoms with E-state index in [1.54, 1.807) is 7.11 Å². The number of hydrogen-bond donors (Lipinski definition) is 0. The highest BCUT2D eigenvalue weighted by molar-refractivity contribution is 5.76. The Morgan fingerprint density at radius 2 is 1.50 bits per heavy atom. The summed E-state index contributed by atoms with van der Waals surface area (Å²) in [6.45, 7) is 7.56. The minimum absolute atomic E-state index is 0.212. The first-order chi connectivity index (χ1) is 14.5. The predicted octanol–water partition coefficient (Wildman–Crippen LogP) is 6.44. The van der Waals surface area contributed by atoms with Crippen LogP contribution in [0.4, 0.5) is 0 Å². The van der Waals surface area contributed by atoms with Crippen molar-refractivity contribution >= 4 is 11.0 Å². The van der Waals surface area contributed by atoms with Gasteiger partial charge in [-0.15, -0.1) is 0 Å². The first-order valence-electron chi connectivity index (χ1n) is 10.7. The Labute approximate surface area is 179 Å². The van der Waals surface area contributed by atoms with Gasteiger partial charge in [-0.05, 0) is 53.3 Å². The molecule has 0 amide bonds. The van der Waals surface area contributed by atoms with Crippen molar-refractivity contribution < 1.29 is 4.74 Å². The third-order valence-electron chi connectivity index (χ3n) is 5.69. The van der Waals surface area contributed by atoms with Gasteiger partial charge in [-0.3, -0.25) is 0 Å². The number of nitrogens with zero attached hydrogens (tertiary/aromatic N) is 2. The van der Waals surface area contributed by atoms with Crippen LogP contribution in [-0.2, 0) is 13.0 Å². The number of aromatic nitrogens is 2. The number of rotatable bonds is 7. The molecule has 0 N–H and O–H groups in total. The van der Waals surface area contributed by atoms with Gasteiger partial charge < -0.3 is 9.30 Å². The van der Waals surface area contributed by atoms with E-state index in [2.05, 4.69) is 86.0 Å². The van der Waals surface area contributed by atoms with Crippen LogP contribution >= 0.6 is 0 Å². The molecule has 1 heterocycles. The van der Waals surface area contributed by atoms with Gasteiger partial charge in [0.15, 0.2) is 0 Å². The van der Waals surface area contributed by atoms with Crippen molar-refractivity contribution in [3.63, 3.8) is 0 Å². The Morgan fingerprint density at radius 1 is 0.833 bits per heavy atom. The molecule has 30 heavy (non-hydrogen) atoms. The summed E-state index contributed by atoms with van der Waals surface area (Å²) in [7, 11) is 1.70. The van der Waals surface area contributed by atoms with Crippen LogP contribution < -0.4 is 4.74 Å². The summed E-state index contributed by atoms with van der Waals surface area (Å²) in [6, 6.07) is 25.8. The molecule has 1 atom stereocenters. The Morgan fingerprint density at radius 3 is 2.17 bits per heavy atom. The van der Waals surface area contributed by atoms with E-state index in [-0.39, 0.29) is 5.92 Å². The number of para-hydroxylation sites is 2. The van der Waals surface area contributed by atoms with Crippen molar-refractivity contribution in [3.8, 4) is 5.75 Å². The molecule has 3 heteroatoms. The van der Waals surface area contributed by atoms with Gasteiger partial charge in [0.2, 0.25) is 0 Å². The van der Waals surface area contributed by atoms with Crippen molar-refractivity contribution in [1.29, 1.82) is 0 Å². The van der Waals surface area contributed by atoms with Crippen LogP contribution in [0.1, 0.15) is 49.2 Å². The van der Waals surface area contributed by atoms with Crippen LogP contribution in [0.3, 0.4) is 0 Å². The van der Waals surface area contributed by atoms with Crippen molar-refractivity contribution in [1.82, 2.24) is 9.55 Å². The lowest BCUT2D eigenvalue weighted by Gasteiger charge is -2.16. The Kier molecular flexibility index (Phi) is 5.89. The Hall–Kier alpha value is -3.07. The monoisotopic (exact) mass is 398 g/mol. The lowest BCUT2D eigenvalue weighted by atomic mass is 9.96. The first kappa shape index (κ1) is 20.2. The van der Waals surface area contributed by atoms with E-state index >= 15 is 0 Å². The number of hydrogen-bond acceptors (Lipinski definition) is 2. The van der Waals surface area contributed by atoms with Crippen LogP contribution in [0.2, 0.25) is 0 Å². The molecule has 0 saturated heterocycles. The lowest BCUT2D eigenvalue weighted by Crippen LogP contribution is -2.09. The van der Waals surface area contributed by atoms with E-state index in [0.717, 1.165) is 30.1 Å². The summed E-state index contributed by atoms with van der Waals surface area (Å²) < 4.78 is 7.66. The highest BCUT2D eigenvalue weighted by Crippen LogP contribution is 2.29. The molecule has 1 unspecified atom stereocenters. The second-order valence-electron chi connectivity index (χ2n) is 8.45. The van der Waals surface area contributed by atoms with Crippen molar-refractivity contribution in [2.75, 3.05) is 7.11 Å². The van der Waals surface area contributed by atoms with E-state index in [0.29, 0.717) is 5.92 Å². The SMILES string of the molecule is COc1ccc(Cn2c(C(C)c3ccc(CC(C)C)cc3)nc3ccccc32)cc1. The van der Waals surface area contributed by atoms with Crippen LogP contribution in [0, 0.1) is 5.92 Å². The molecule has 0 aliphatic heterocycles. The molecule has 0 aliphatic carbocycles.